The summed E-state index contributed by atoms with van der Waals surface area (Å²) in [5.74, 6) is 0.907. The number of anilines is 2. The van der Waals surface area contributed by atoms with E-state index in [9.17, 15) is 0 Å². The Morgan fingerprint density at radius 2 is 2.05 bits per heavy atom. The van der Waals surface area contributed by atoms with Crippen LogP contribution in [0.1, 0.15) is 17.7 Å². The van der Waals surface area contributed by atoms with Crippen LogP contribution < -0.4 is 10.6 Å². The van der Waals surface area contributed by atoms with Crippen molar-refractivity contribution in [2.75, 3.05) is 37.8 Å². The second-order valence-corrected chi connectivity index (χ2v) is 5.98. The van der Waals surface area contributed by atoms with Gasteiger partial charge in [-0.05, 0) is 45.5 Å². The molecule has 0 radical (unpaired) electrons. The standard InChI is InChI=1S/C16H23N5/c1-10-7-11(2)18-16-15(10)13(17-3)8-14(20-16)19-12-5-6-21(4)9-12/h7-8,12H,5-6,9H2,1-4H3,(H2,17,18,19,20)/t12-/m1/s1. The SMILES string of the molecule is CNc1cc(N[C@@H]2CCN(C)C2)nc2nc(C)cc(C)c12. The van der Waals surface area contributed by atoms with E-state index in [-0.39, 0.29) is 0 Å². The molecule has 5 nitrogen and oxygen atoms in total. The molecule has 1 atom stereocenters. The average Bonchev–Trinajstić information content (AvgIpc) is 2.82. The van der Waals surface area contributed by atoms with Crippen LogP contribution in [0, 0.1) is 13.8 Å². The summed E-state index contributed by atoms with van der Waals surface area (Å²) in [6.45, 7) is 6.33. The molecule has 2 aromatic rings. The summed E-state index contributed by atoms with van der Waals surface area (Å²) >= 11 is 0. The zero-order valence-electron chi connectivity index (χ0n) is 13.2. The number of nitrogens with one attached hydrogen (secondary N) is 2. The van der Waals surface area contributed by atoms with Crippen molar-refractivity contribution in [1.29, 1.82) is 0 Å². The summed E-state index contributed by atoms with van der Waals surface area (Å²) in [5.41, 5.74) is 4.11. The quantitative estimate of drug-likeness (QED) is 0.907. The summed E-state index contributed by atoms with van der Waals surface area (Å²) in [4.78, 5) is 11.6. The first kappa shape index (κ1) is 14.1. The van der Waals surface area contributed by atoms with E-state index >= 15 is 0 Å². The molecule has 2 aromatic heterocycles. The van der Waals surface area contributed by atoms with Crippen LogP contribution in [0.4, 0.5) is 11.5 Å². The van der Waals surface area contributed by atoms with Gasteiger partial charge in [0, 0.05) is 42.5 Å². The average molecular weight is 285 g/mol. The lowest BCUT2D eigenvalue weighted by Crippen LogP contribution is -2.24. The van der Waals surface area contributed by atoms with Crippen molar-refractivity contribution in [2.45, 2.75) is 26.3 Å². The molecule has 0 aliphatic carbocycles. The number of likely N-dealkylation sites (tertiary alicyclic amines) is 1. The fourth-order valence-corrected chi connectivity index (χ4v) is 3.12. The second-order valence-electron chi connectivity index (χ2n) is 5.98. The molecule has 0 spiro atoms. The van der Waals surface area contributed by atoms with Crippen molar-refractivity contribution in [3.63, 3.8) is 0 Å². The van der Waals surface area contributed by atoms with Crippen molar-refractivity contribution < 1.29 is 0 Å². The lowest BCUT2D eigenvalue weighted by atomic mass is 10.1. The monoisotopic (exact) mass is 285 g/mol. The predicted molar refractivity (Wildman–Crippen MR) is 88.1 cm³/mol. The van der Waals surface area contributed by atoms with Crippen molar-refractivity contribution in [3.8, 4) is 0 Å². The van der Waals surface area contributed by atoms with Crippen molar-refractivity contribution in [2.24, 2.45) is 0 Å². The van der Waals surface area contributed by atoms with Gasteiger partial charge in [0.05, 0.1) is 0 Å². The summed E-state index contributed by atoms with van der Waals surface area (Å²) in [7, 11) is 4.10. The molecular weight excluding hydrogens is 262 g/mol. The molecule has 0 bridgehead atoms. The number of pyridine rings is 2. The van der Waals surface area contributed by atoms with Crippen LogP contribution in [0.15, 0.2) is 12.1 Å². The lowest BCUT2D eigenvalue weighted by molar-refractivity contribution is 0.414. The van der Waals surface area contributed by atoms with Crippen LogP contribution in [0.5, 0.6) is 0 Å². The maximum Gasteiger partial charge on any atom is 0.164 e. The smallest absolute Gasteiger partial charge is 0.164 e. The third-order valence-corrected chi connectivity index (χ3v) is 4.12. The zero-order chi connectivity index (χ0) is 15.0. The molecule has 0 saturated carbocycles. The van der Waals surface area contributed by atoms with Crippen molar-refractivity contribution in [1.82, 2.24) is 14.9 Å². The van der Waals surface area contributed by atoms with Gasteiger partial charge in [-0.25, -0.2) is 9.97 Å². The second kappa shape index (κ2) is 5.48. The Hall–Kier alpha value is -1.88. The summed E-state index contributed by atoms with van der Waals surface area (Å²) < 4.78 is 0. The molecule has 112 valence electrons. The minimum absolute atomic E-state index is 0.468. The Morgan fingerprint density at radius 3 is 2.71 bits per heavy atom. The van der Waals surface area contributed by atoms with Crippen LogP contribution in [0.25, 0.3) is 11.0 Å². The number of aryl methyl sites for hydroxylation is 2. The molecule has 3 heterocycles. The molecule has 1 fully saturated rings. The van der Waals surface area contributed by atoms with Crippen LogP contribution >= 0.6 is 0 Å². The minimum atomic E-state index is 0.468. The molecule has 0 amide bonds. The Kier molecular flexibility index (Phi) is 3.68. The van der Waals surface area contributed by atoms with Gasteiger partial charge in [0.25, 0.3) is 0 Å². The van der Waals surface area contributed by atoms with E-state index in [0.29, 0.717) is 6.04 Å². The van der Waals surface area contributed by atoms with Crippen LogP contribution in [-0.4, -0.2) is 48.1 Å². The number of hydrogen-bond donors (Lipinski definition) is 2. The normalized spacial score (nSPS) is 19.1. The van der Waals surface area contributed by atoms with E-state index in [1.807, 2.05) is 14.0 Å². The fourth-order valence-electron chi connectivity index (χ4n) is 3.12. The number of fused-ring (bicyclic) bond motifs is 1. The van der Waals surface area contributed by atoms with E-state index < -0.39 is 0 Å². The Bertz CT molecular complexity index is 667. The highest BCUT2D eigenvalue weighted by Crippen LogP contribution is 2.28. The third kappa shape index (κ3) is 2.78. The molecule has 1 aliphatic rings. The number of rotatable bonds is 3. The van der Waals surface area contributed by atoms with E-state index in [0.717, 1.165) is 47.7 Å². The van der Waals surface area contributed by atoms with Crippen molar-refractivity contribution >= 4 is 22.5 Å². The number of aromatic nitrogens is 2. The van der Waals surface area contributed by atoms with Gasteiger partial charge in [-0.3, -0.25) is 0 Å². The Labute approximate surface area is 125 Å². The molecule has 0 aromatic carbocycles. The van der Waals surface area contributed by atoms with Gasteiger partial charge in [0.2, 0.25) is 0 Å². The van der Waals surface area contributed by atoms with Crippen LogP contribution in [0.3, 0.4) is 0 Å². The molecule has 5 heteroatoms. The van der Waals surface area contributed by atoms with Crippen LogP contribution in [-0.2, 0) is 0 Å². The lowest BCUT2D eigenvalue weighted by Gasteiger charge is -2.16. The van der Waals surface area contributed by atoms with Crippen LogP contribution in [0.2, 0.25) is 0 Å². The maximum absolute atomic E-state index is 4.71. The van der Waals surface area contributed by atoms with Gasteiger partial charge in [0.15, 0.2) is 5.65 Å². The third-order valence-electron chi connectivity index (χ3n) is 4.12. The predicted octanol–water partition coefficient (Wildman–Crippen LogP) is 2.40. The highest BCUT2D eigenvalue weighted by atomic mass is 15.2. The Morgan fingerprint density at radius 1 is 1.24 bits per heavy atom. The molecule has 0 unspecified atom stereocenters. The first-order chi connectivity index (χ1) is 10.1. The number of likely N-dealkylation sites (N-methyl/N-ethyl adjacent to an activating group) is 1. The highest BCUT2D eigenvalue weighted by molar-refractivity contribution is 5.93. The summed E-state index contributed by atoms with van der Waals surface area (Å²) in [6.07, 6.45) is 1.16. The molecule has 1 aliphatic heterocycles. The van der Waals surface area contributed by atoms with E-state index in [1.165, 1.54) is 5.56 Å². The topological polar surface area (TPSA) is 53.1 Å². The summed E-state index contributed by atoms with van der Waals surface area (Å²) in [6, 6.07) is 4.66. The largest absolute Gasteiger partial charge is 0.387 e. The number of hydrogen-bond acceptors (Lipinski definition) is 5. The zero-order valence-corrected chi connectivity index (χ0v) is 13.2. The van der Waals surface area contributed by atoms with E-state index in [1.54, 1.807) is 0 Å². The Balaban J connectivity index is 2.00. The highest BCUT2D eigenvalue weighted by Gasteiger charge is 2.20. The minimum Gasteiger partial charge on any atom is -0.387 e. The van der Waals surface area contributed by atoms with Gasteiger partial charge >= 0.3 is 0 Å². The van der Waals surface area contributed by atoms with Gasteiger partial charge in [-0.15, -0.1) is 0 Å². The fraction of sp³-hybridized carbons (Fsp3) is 0.500. The molecule has 21 heavy (non-hydrogen) atoms. The molecule has 3 rings (SSSR count). The molecule has 2 N–H and O–H groups in total. The van der Waals surface area contributed by atoms with Gasteiger partial charge < -0.3 is 15.5 Å². The molecule has 1 saturated heterocycles. The number of nitrogens with zero attached hydrogens (tertiary/aromatic N) is 3. The van der Waals surface area contributed by atoms with Gasteiger partial charge in [0.1, 0.15) is 5.82 Å². The van der Waals surface area contributed by atoms with Gasteiger partial charge in [-0.2, -0.15) is 0 Å². The maximum atomic E-state index is 4.71. The molecular formula is C16H23N5. The van der Waals surface area contributed by atoms with E-state index in [4.69, 9.17) is 4.98 Å². The van der Waals surface area contributed by atoms with E-state index in [2.05, 4.69) is 46.6 Å². The first-order valence-corrected chi connectivity index (χ1v) is 7.48. The van der Waals surface area contributed by atoms with Gasteiger partial charge in [-0.1, -0.05) is 0 Å². The van der Waals surface area contributed by atoms with Crippen molar-refractivity contribution in [3.05, 3.63) is 23.4 Å². The summed E-state index contributed by atoms with van der Waals surface area (Å²) in [5, 5.41) is 7.93. The first-order valence-electron chi connectivity index (χ1n) is 7.48.